The predicted octanol–water partition coefficient (Wildman–Crippen LogP) is 3.03. The van der Waals surface area contributed by atoms with E-state index in [1.54, 1.807) is 18.2 Å². The predicted molar refractivity (Wildman–Crippen MR) is 112 cm³/mol. The number of benzene rings is 2. The summed E-state index contributed by atoms with van der Waals surface area (Å²) in [5, 5.41) is 20.7. The van der Waals surface area contributed by atoms with E-state index in [1.807, 2.05) is 0 Å². The number of ether oxygens (including phenoxy) is 1. The second-order valence-corrected chi connectivity index (χ2v) is 4.25. The van der Waals surface area contributed by atoms with Crippen molar-refractivity contribution in [3.8, 4) is 17.2 Å². The third-order valence-electron chi connectivity index (χ3n) is 2.55. The molecule has 0 saturated heterocycles. The van der Waals surface area contributed by atoms with Crippen LogP contribution in [0.4, 0.5) is 5.69 Å². The Kier molecular flexibility index (Phi) is 25.3. The van der Waals surface area contributed by atoms with Crippen LogP contribution in [0.5, 0.6) is 17.2 Å². The zero-order valence-electron chi connectivity index (χ0n) is 16.3. The van der Waals surface area contributed by atoms with E-state index in [-0.39, 0.29) is 41.3 Å². The summed E-state index contributed by atoms with van der Waals surface area (Å²) in [6.45, 7) is 7.40. The molecule has 0 unspecified atom stereocenters. The van der Waals surface area contributed by atoms with Crippen LogP contribution >= 0.6 is 0 Å². The number of rotatable bonds is 3. The highest BCUT2D eigenvalue weighted by Gasteiger charge is 2.00. The van der Waals surface area contributed by atoms with Crippen LogP contribution < -0.4 is 28.5 Å². The second kappa shape index (κ2) is 19.9. The normalized spacial score (nSPS) is 7.36. The molecule has 10 nitrogen and oxygen atoms in total. The van der Waals surface area contributed by atoms with Crippen LogP contribution in [-0.2, 0) is 4.79 Å². The van der Waals surface area contributed by atoms with Gasteiger partial charge in [-0.15, -0.1) is 13.2 Å². The molecular weight excluding hydrogens is 368 g/mol. The highest BCUT2D eigenvalue weighted by atomic mass is 16.5. The van der Waals surface area contributed by atoms with E-state index < -0.39 is 0 Å². The fraction of sp³-hybridized carbons (Fsp3) is 0.111. The third kappa shape index (κ3) is 12.9. The molecule has 0 bridgehead atoms. The molecule has 0 aromatic heterocycles. The van der Waals surface area contributed by atoms with E-state index in [1.165, 1.54) is 38.3 Å². The van der Waals surface area contributed by atoms with E-state index >= 15 is 0 Å². The Balaban J connectivity index is -0.000000102. The first kappa shape index (κ1) is 35.6. The zero-order valence-corrected chi connectivity index (χ0v) is 16.3. The Labute approximate surface area is 164 Å². The quantitative estimate of drug-likeness (QED) is 0.254. The number of carbonyl (C=O) groups is 2. The number of hydrogen-bond acceptors (Lipinski definition) is 8. The lowest BCUT2D eigenvalue weighted by molar-refractivity contribution is -0.114. The topological polar surface area (TPSA) is 232 Å². The van der Waals surface area contributed by atoms with Crippen LogP contribution in [0.3, 0.4) is 0 Å². The van der Waals surface area contributed by atoms with Gasteiger partial charge in [0.15, 0.2) is 11.5 Å². The lowest BCUT2D eigenvalue weighted by atomic mass is 10.2. The molecule has 0 aliphatic heterocycles. The van der Waals surface area contributed by atoms with Crippen molar-refractivity contribution in [1.82, 2.24) is 18.5 Å². The number of aromatic hydroxyl groups is 2. The van der Waals surface area contributed by atoms with Crippen molar-refractivity contribution in [2.45, 2.75) is 6.92 Å². The van der Waals surface area contributed by atoms with Gasteiger partial charge in [0.1, 0.15) is 12.0 Å². The lowest BCUT2D eigenvalue weighted by Gasteiger charge is -2.02. The molecule has 0 aliphatic carbocycles. The summed E-state index contributed by atoms with van der Waals surface area (Å²) >= 11 is 0. The van der Waals surface area contributed by atoms with Crippen LogP contribution in [0, 0.1) is 0 Å². The molecule has 2 aromatic rings. The molecule has 2 rings (SSSR count). The molecule has 0 radical (unpaired) electrons. The second-order valence-electron chi connectivity index (χ2n) is 4.25. The van der Waals surface area contributed by atoms with E-state index in [0.717, 1.165) is 0 Å². The Bertz CT molecular complexity index is 683. The average molecular weight is 400 g/mol. The van der Waals surface area contributed by atoms with Crippen molar-refractivity contribution in [2.75, 3.05) is 12.4 Å². The number of hydrogen-bond donors (Lipinski definition) is 6. The van der Waals surface area contributed by atoms with Gasteiger partial charge in [-0.05, 0) is 30.3 Å². The number of carbonyl (C=O) groups excluding carboxylic acids is 2. The number of amides is 1. The van der Waals surface area contributed by atoms with E-state index in [4.69, 9.17) is 14.9 Å². The Hall–Kier alpha value is -3.44. The minimum Gasteiger partial charge on any atom is -0.506 e. The van der Waals surface area contributed by atoms with Crippen LogP contribution in [0.15, 0.2) is 55.6 Å². The number of anilines is 1. The molecule has 160 valence electrons. The molecule has 0 fully saturated rings. The monoisotopic (exact) mass is 400 g/mol. The number of phenols is 2. The standard InChI is InChI=1S/C8H9NO2.C8H8O3.C2H4.3H3N.H2O/c1-6(10)9-7-4-2-3-5-8(7)11;1-11-8-4-6(5-9)2-3-7(8)10;1-2;;;;/h2-5,11H,1H3,(H,9,10);2-5,10H,1H3;1-2H2;3*1H3;1H2. The van der Waals surface area contributed by atoms with Crippen LogP contribution in [0.25, 0.3) is 0 Å². The van der Waals surface area contributed by atoms with Crippen molar-refractivity contribution in [1.29, 1.82) is 0 Å². The van der Waals surface area contributed by atoms with Crippen molar-refractivity contribution in [3.05, 3.63) is 61.2 Å². The average Bonchev–Trinajstić information content (AvgIpc) is 2.59. The van der Waals surface area contributed by atoms with E-state index in [2.05, 4.69) is 18.5 Å². The first-order valence-electron chi connectivity index (χ1n) is 6.85. The molecule has 0 spiro atoms. The van der Waals surface area contributed by atoms with Crippen LogP contribution in [0.1, 0.15) is 17.3 Å². The molecule has 14 N–H and O–H groups in total. The zero-order chi connectivity index (χ0) is 18.5. The Morgan fingerprint density at radius 2 is 1.57 bits per heavy atom. The molecule has 28 heavy (non-hydrogen) atoms. The highest BCUT2D eigenvalue weighted by Crippen LogP contribution is 2.25. The van der Waals surface area contributed by atoms with Crippen LogP contribution in [0.2, 0.25) is 0 Å². The summed E-state index contributed by atoms with van der Waals surface area (Å²) in [7, 11) is 1.43. The van der Waals surface area contributed by atoms with Gasteiger partial charge >= 0.3 is 0 Å². The summed E-state index contributed by atoms with van der Waals surface area (Å²) in [5.74, 6) is 0.252. The highest BCUT2D eigenvalue weighted by molar-refractivity contribution is 5.90. The van der Waals surface area contributed by atoms with Gasteiger partial charge in [-0.2, -0.15) is 0 Å². The number of aldehydes is 1. The maximum Gasteiger partial charge on any atom is 0.221 e. The van der Waals surface area contributed by atoms with Crippen molar-refractivity contribution >= 4 is 17.9 Å². The van der Waals surface area contributed by atoms with Gasteiger partial charge in [-0.3, -0.25) is 9.59 Å². The molecule has 10 heteroatoms. The molecule has 0 atom stereocenters. The third-order valence-corrected chi connectivity index (χ3v) is 2.55. The SMILES string of the molecule is C=C.CC(=O)Nc1ccccc1O.COc1cc(C=O)ccc1O.N.N.N.O. The molecule has 0 saturated carbocycles. The summed E-state index contributed by atoms with van der Waals surface area (Å²) in [5.41, 5.74) is 0.930. The maximum absolute atomic E-state index is 10.5. The minimum atomic E-state index is -0.188. The molecule has 0 heterocycles. The van der Waals surface area contributed by atoms with Gasteiger partial charge in [0.05, 0.1) is 12.8 Å². The van der Waals surface area contributed by atoms with Crippen molar-refractivity contribution in [2.24, 2.45) is 0 Å². The van der Waals surface area contributed by atoms with E-state index in [9.17, 15) is 9.59 Å². The summed E-state index contributed by atoms with van der Waals surface area (Å²) in [4.78, 5) is 20.8. The van der Waals surface area contributed by atoms with Gasteiger partial charge in [0.2, 0.25) is 5.91 Å². The summed E-state index contributed by atoms with van der Waals surface area (Å²) in [6.07, 6.45) is 0.696. The number of phenolic OH excluding ortho intramolecular Hbond substituents is 2. The lowest BCUT2D eigenvalue weighted by Crippen LogP contribution is -2.05. The van der Waals surface area contributed by atoms with Gasteiger partial charge < -0.3 is 44.2 Å². The molecule has 2 aromatic carbocycles. The van der Waals surface area contributed by atoms with Crippen molar-refractivity contribution in [3.63, 3.8) is 0 Å². The largest absolute Gasteiger partial charge is 0.506 e. The number of methoxy groups -OCH3 is 1. The first-order valence-corrected chi connectivity index (χ1v) is 6.85. The summed E-state index contributed by atoms with van der Waals surface area (Å²) in [6, 6.07) is 11.0. The smallest absolute Gasteiger partial charge is 0.221 e. The Morgan fingerprint density at radius 3 is 2.00 bits per heavy atom. The van der Waals surface area contributed by atoms with Gasteiger partial charge in [-0.25, -0.2) is 0 Å². The number of nitrogens with one attached hydrogen (secondary N) is 1. The summed E-state index contributed by atoms with van der Waals surface area (Å²) < 4.78 is 4.78. The molecule has 1 amide bonds. The Morgan fingerprint density at radius 1 is 1.04 bits per heavy atom. The first-order chi connectivity index (χ1) is 11.5. The minimum absolute atomic E-state index is 0. The maximum atomic E-state index is 10.5. The molecule has 0 aliphatic rings. The van der Waals surface area contributed by atoms with Crippen LogP contribution in [-0.4, -0.2) is 35.0 Å². The number of para-hydroxylation sites is 2. The fourth-order valence-electron chi connectivity index (χ4n) is 1.54. The molecular formula is C18H32N4O6. The fourth-order valence-corrected chi connectivity index (χ4v) is 1.54. The van der Waals surface area contributed by atoms with E-state index in [0.29, 0.717) is 23.3 Å². The van der Waals surface area contributed by atoms with Gasteiger partial charge in [-0.1, -0.05) is 12.1 Å². The van der Waals surface area contributed by atoms with Gasteiger partial charge in [0.25, 0.3) is 0 Å². The van der Waals surface area contributed by atoms with Gasteiger partial charge in [0, 0.05) is 12.5 Å². The van der Waals surface area contributed by atoms with Crippen molar-refractivity contribution < 1.29 is 30.0 Å².